The predicted octanol–water partition coefficient (Wildman–Crippen LogP) is 9.05. The van der Waals surface area contributed by atoms with E-state index < -0.39 is 5.97 Å². The summed E-state index contributed by atoms with van der Waals surface area (Å²) in [5, 5.41) is 26.2. The standard InChI is InChI=1S/C28H42N2O5.C6H12/c1-7-28(5,6)15-19-12-22(13-19)27-25(20-8-9-20)26(30-35-27)21(10-11-24(33)34)14-23(32)29-17(3)16(2)18(4)31;1-4-5-6(2)3/h19-22,31H,3,7-15H2,1-2,4-6H3,(H,29,32)(H,33,34);5H,4H2,1-3H3/b18-16+;. The fourth-order valence-electron chi connectivity index (χ4n) is 5.53. The average molecular weight is 571 g/mol. The topological polar surface area (TPSA) is 113 Å². The molecule has 0 aromatic carbocycles. The molecule has 1 heterocycles. The van der Waals surface area contributed by atoms with Crippen LogP contribution in [0.5, 0.6) is 0 Å². The molecule has 1 amide bonds. The molecular formula is C34H54N2O5. The lowest BCUT2D eigenvalue weighted by molar-refractivity contribution is -0.137. The molecule has 2 aliphatic carbocycles. The highest BCUT2D eigenvalue weighted by atomic mass is 16.5. The van der Waals surface area contributed by atoms with Crippen molar-refractivity contribution < 1.29 is 24.3 Å². The van der Waals surface area contributed by atoms with Gasteiger partial charge >= 0.3 is 5.97 Å². The molecule has 230 valence electrons. The summed E-state index contributed by atoms with van der Waals surface area (Å²) in [4.78, 5) is 24.2. The quantitative estimate of drug-likeness (QED) is 0.117. The monoisotopic (exact) mass is 570 g/mol. The Morgan fingerprint density at radius 3 is 2.22 bits per heavy atom. The van der Waals surface area contributed by atoms with Crippen molar-refractivity contribution in [3.63, 3.8) is 0 Å². The number of aliphatic carboxylic acids is 1. The Balaban J connectivity index is 0.000000883. The number of carbonyl (C=O) groups excluding carboxylic acids is 1. The van der Waals surface area contributed by atoms with Crippen molar-refractivity contribution in [1.82, 2.24) is 10.5 Å². The molecule has 0 bridgehead atoms. The summed E-state index contributed by atoms with van der Waals surface area (Å²) in [6, 6.07) is 0. The normalized spacial score (nSPS) is 19.6. The molecule has 7 nitrogen and oxygen atoms in total. The van der Waals surface area contributed by atoms with E-state index in [0.717, 1.165) is 42.7 Å². The number of hydrogen-bond acceptors (Lipinski definition) is 5. The van der Waals surface area contributed by atoms with E-state index >= 15 is 0 Å². The number of nitrogens with zero attached hydrogens (tertiary/aromatic N) is 1. The Hall–Kier alpha value is -2.83. The van der Waals surface area contributed by atoms with Crippen LogP contribution in [0, 0.1) is 11.3 Å². The lowest BCUT2D eigenvalue weighted by Gasteiger charge is -2.39. The SMILES string of the molecule is C=C(NC(=O)CC(CCC(=O)O)c1noc(C2CC(CC(C)(C)CC)C2)c1C1CC1)/C(C)=C(\C)O.CCC=C(C)C. The van der Waals surface area contributed by atoms with Crippen molar-refractivity contribution in [3.05, 3.63) is 52.3 Å². The molecule has 3 rings (SSSR count). The van der Waals surface area contributed by atoms with Gasteiger partial charge in [-0.3, -0.25) is 9.59 Å². The summed E-state index contributed by atoms with van der Waals surface area (Å²) in [6.45, 7) is 20.3. The fourth-order valence-corrected chi connectivity index (χ4v) is 5.53. The summed E-state index contributed by atoms with van der Waals surface area (Å²) >= 11 is 0. The summed E-state index contributed by atoms with van der Waals surface area (Å²) in [7, 11) is 0. The van der Waals surface area contributed by atoms with Gasteiger partial charge in [-0.05, 0) is 89.9 Å². The Labute approximate surface area is 247 Å². The molecule has 2 aliphatic rings. The van der Waals surface area contributed by atoms with E-state index in [4.69, 9.17) is 4.52 Å². The van der Waals surface area contributed by atoms with Gasteiger partial charge in [-0.25, -0.2) is 0 Å². The van der Waals surface area contributed by atoms with Crippen molar-refractivity contribution in [1.29, 1.82) is 0 Å². The minimum absolute atomic E-state index is 0.0442. The fraction of sp³-hybridized carbons (Fsp3) is 0.676. The summed E-state index contributed by atoms with van der Waals surface area (Å²) in [5.41, 5.74) is 4.50. The molecule has 0 spiro atoms. The number of amides is 1. The number of aliphatic hydroxyl groups excluding tert-OH is 1. The van der Waals surface area contributed by atoms with Crippen LogP contribution in [-0.2, 0) is 9.59 Å². The molecule has 3 N–H and O–H groups in total. The van der Waals surface area contributed by atoms with E-state index in [-0.39, 0.29) is 30.4 Å². The van der Waals surface area contributed by atoms with E-state index in [1.54, 1.807) is 6.92 Å². The molecule has 1 aromatic rings. The molecule has 1 aromatic heterocycles. The number of allylic oxidation sites excluding steroid dienone is 4. The van der Waals surface area contributed by atoms with Crippen molar-refractivity contribution in [2.75, 3.05) is 0 Å². The number of aliphatic hydroxyl groups is 1. The smallest absolute Gasteiger partial charge is 0.303 e. The number of carbonyl (C=O) groups is 2. The van der Waals surface area contributed by atoms with Crippen LogP contribution in [0.2, 0.25) is 0 Å². The van der Waals surface area contributed by atoms with Gasteiger partial charge in [-0.2, -0.15) is 0 Å². The van der Waals surface area contributed by atoms with Gasteiger partial charge in [-0.1, -0.05) is 57.5 Å². The number of carboxylic acid groups (broad SMARTS) is 1. The summed E-state index contributed by atoms with van der Waals surface area (Å²) in [6.07, 6.45) is 10.5. The Morgan fingerprint density at radius 2 is 1.76 bits per heavy atom. The maximum absolute atomic E-state index is 12.8. The molecule has 7 heteroatoms. The first kappa shape index (κ1) is 34.4. The van der Waals surface area contributed by atoms with E-state index in [2.05, 4.69) is 64.7 Å². The van der Waals surface area contributed by atoms with Crippen LogP contribution in [0.25, 0.3) is 0 Å². The molecule has 0 radical (unpaired) electrons. The Morgan fingerprint density at radius 1 is 1.12 bits per heavy atom. The number of hydrogen-bond donors (Lipinski definition) is 3. The van der Waals surface area contributed by atoms with Gasteiger partial charge in [0.2, 0.25) is 5.91 Å². The van der Waals surface area contributed by atoms with Gasteiger partial charge in [0.15, 0.2) is 0 Å². The second kappa shape index (κ2) is 15.4. The van der Waals surface area contributed by atoms with E-state index in [9.17, 15) is 19.8 Å². The minimum atomic E-state index is -0.897. The average Bonchev–Trinajstić information content (AvgIpc) is 3.61. The molecule has 2 saturated carbocycles. The maximum Gasteiger partial charge on any atom is 0.303 e. The summed E-state index contributed by atoms with van der Waals surface area (Å²) in [5.74, 6) is 0.990. The third-order valence-corrected chi connectivity index (χ3v) is 8.60. The highest BCUT2D eigenvalue weighted by molar-refractivity contribution is 5.79. The summed E-state index contributed by atoms with van der Waals surface area (Å²) < 4.78 is 5.94. The van der Waals surface area contributed by atoms with E-state index in [1.807, 2.05) is 0 Å². The minimum Gasteiger partial charge on any atom is -0.512 e. The highest BCUT2D eigenvalue weighted by Gasteiger charge is 2.42. The number of nitrogens with one attached hydrogen (secondary N) is 1. The number of rotatable bonds is 14. The van der Waals surface area contributed by atoms with Crippen LogP contribution in [-0.4, -0.2) is 27.2 Å². The van der Waals surface area contributed by atoms with Crippen LogP contribution in [0.4, 0.5) is 0 Å². The molecule has 2 fully saturated rings. The second-order valence-corrected chi connectivity index (χ2v) is 13.1. The Bertz CT molecular complexity index is 1110. The van der Waals surface area contributed by atoms with Crippen molar-refractivity contribution in [2.45, 2.75) is 137 Å². The Kier molecular flexibility index (Phi) is 12.9. The second-order valence-electron chi connectivity index (χ2n) is 13.1. The van der Waals surface area contributed by atoms with Crippen molar-refractivity contribution in [2.24, 2.45) is 11.3 Å². The molecule has 41 heavy (non-hydrogen) atoms. The van der Waals surface area contributed by atoms with E-state index in [1.165, 1.54) is 31.8 Å². The van der Waals surface area contributed by atoms with Crippen molar-refractivity contribution in [3.8, 4) is 0 Å². The van der Waals surface area contributed by atoms with Crippen LogP contribution < -0.4 is 5.32 Å². The zero-order valence-electron chi connectivity index (χ0n) is 26.7. The zero-order chi connectivity index (χ0) is 30.9. The van der Waals surface area contributed by atoms with Gasteiger partial charge in [-0.15, -0.1) is 0 Å². The molecule has 1 atom stereocenters. The van der Waals surface area contributed by atoms with Gasteiger partial charge < -0.3 is 20.1 Å². The lowest BCUT2D eigenvalue weighted by atomic mass is 9.66. The van der Waals surface area contributed by atoms with E-state index in [0.29, 0.717) is 40.9 Å². The molecular weight excluding hydrogens is 516 g/mol. The lowest BCUT2D eigenvalue weighted by Crippen LogP contribution is -2.27. The highest BCUT2D eigenvalue weighted by Crippen LogP contribution is 2.53. The predicted molar refractivity (Wildman–Crippen MR) is 165 cm³/mol. The van der Waals surface area contributed by atoms with Gasteiger partial charge in [0, 0.05) is 41.5 Å². The first-order valence-corrected chi connectivity index (χ1v) is 15.4. The largest absolute Gasteiger partial charge is 0.512 e. The van der Waals surface area contributed by atoms with Gasteiger partial charge in [0.25, 0.3) is 0 Å². The molecule has 0 saturated heterocycles. The van der Waals surface area contributed by atoms with Gasteiger partial charge in [0.1, 0.15) is 5.76 Å². The third-order valence-electron chi connectivity index (χ3n) is 8.60. The first-order valence-electron chi connectivity index (χ1n) is 15.4. The van der Waals surface area contributed by atoms with Crippen LogP contribution in [0.1, 0.15) is 154 Å². The van der Waals surface area contributed by atoms with Crippen molar-refractivity contribution >= 4 is 11.9 Å². The third kappa shape index (κ3) is 10.8. The van der Waals surface area contributed by atoms with Crippen LogP contribution in [0.15, 0.2) is 39.8 Å². The van der Waals surface area contributed by atoms with Crippen LogP contribution >= 0.6 is 0 Å². The van der Waals surface area contributed by atoms with Crippen LogP contribution in [0.3, 0.4) is 0 Å². The van der Waals surface area contributed by atoms with Gasteiger partial charge in [0.05, 0.1) is 11.5 Å². The number of carboxylic acids is 1. The maximum atomic E-state index is 12.8. The zero-order valence-corrected chi connectivity index (χ0v) is 26.7. The first-order chi connectivity index (χ1) is 19.2. The molecule has 1 unspecified atom stereocenters. The number of aromatic nitrogens is 1. The molecule has 0 aliphatic heterocycles.